The maximum atomic E-state index is 11.7. The Labute approximate surface area is 125 Å². The summed E-state index contributed by atoms with van der Waals surface area (Å²) in [5.74, 6) is 1.29. The van der Waals surface area contributed by atoms with Crippen molar-refractivity contribution >= 4 is 17.7 Å². The van der Waals surface area contributed by atoms with Crippen molar-refractivity contribution in [3.8, 4) is 0 Å². The molecular weight excluding hydrogens is 268 g/mol. The van der Waals surface area contributed by atoms with E-state index in [1.165, 1.54) is 10.5 Å². The Bertz CT molecular complexity index is 450. The fraction of sp³-hybridized carbons (Fsp3) is 0.562. The summed E-state index contributed by atoms with van der Waals surface area (Å²) in [6, 6.07) is 9.23. The van der Waals surface area contributed by atoms with Crippen molar-refractivity contribution in [1.29, 1.82) is 0 Å². The van der Waals surface area contributed by atoms with Gasteiger partial charge in [-0.2, -0.15) is 0 Å². The average Bonchev–Trinajstić information content (AvgIpc) is 2.47. The van der Waals surface area contributed by atoms with Crippen LogP contribution in [-0.2, 0) is 4.79 Å². The number of carbonyl (C=O) groups excluding carboxylic acids is 1. The van der Waals surface area contributed by atoms with Gasteiger partial charge in [-0.3, -0.25) is 4.79 Å². The predicted octanol–water partition coefficient (Wildman–Crippen LogP) is 3.12. The second-order valence-corrected chi connectivity index (χ2v) is 6.45. The highest BCUT2D eigenvalue weighted by Crippen LogP contribution is 2.35. The zero-order chi connectivity index (χ0) is 14.4. The maximum Gasteiger partial charge on any atom is 0.221 e. The number of hydrogen-bond acceptors (Lipinski definition) is 3. The number of benzene rings is 1. The number of rotatable bonds is 6. The van der Waals surface area contributed by atoms with Crippen LogP contribution in [0.4, 0.5) is 0 Å². The summed E-state index contributed by atoms with van der Waals surface area (Å²) >= 11 is 1.92. The molecule has 0 saturated heterocycles. The minimum Gasteiger partial charge on any atom is -0.354 e. The number of nitrogens with one attached hydrogen (secondary N) is 2. The molecule has 2 atom stereocenters. The zero-order valence-electron chi connectivity index (χ0n) is 12.3. The summed E-state index contributed by atoms with van der Waals surface area (Å²) in [5, 5.41) is 6.53. The van der Waals surface area contributed by atoms with Gasteiger partial charge in [-0.1, -0.05) is 25.1 Å². The van der Waals surface area contributed by atoms with Crippen LogP contribution in [0.1, 0.15) is 44.7 Å². The molecule has 1 heterocycles. The first-order valence-electron chi connectivity index (χ1n) is 7.45. The number of hydrogen-bond donors (Lipinski definition) is 2. The lowest BCUT2D eigenvalue weighted by molar-refractivity contribution is -0.121. The highest BCUT2D eigenvalue weighted by molar-refractivity contribution is 7.99. The molecule has 1 aliphatic rings. The minimum atomic E-state index is 0.144. The molecule has 20 heavy (non-hydrogen) atoms. The monoisotopic (exact) mass is 292 g/mol. The van der Waals surface area contributed by atoms with E-state index >= 15 is 0 Å². The van der Waals surface area contributed by atoms with E-state index in [0.717, 1.165) is 25.1 Å². The first-order valence-corrected chi connectivity index (χ1v) is 8.43. The predicted molar refractivity (Wildman–Crippen MR) is 85.0 cm³/mol. The smallest absolute Gasteiger partial charge is 0.221 e. The number of thioether (sulfide) groups is 1. The molecule has 0 bridgehead atoms. The Morgan fingerprint density at radius 3 is 3.05 bits per heavy atom. The minimum absolute atomic E-state index is 0.144. The molecule has 3 nitrogen and oxygen atoms in total. The van der Waals surface area contributed by atoms with Crippen LogP contribution in [0.25, 0.3) is 0 Å². The summed E-state index contributed by atoms with van der Waals surface area (Å²) in [5.41, 5.74) is 1.38. The second-order valence-electron chi connectivity index (χ2n) is 5.31. The molecule has 4 heteroatoms. The highest BCUT2D eigenvalue weighted by atomic mass is 32.2. The van der Waals surface area contributed by atoms with E-state index in [1.807, 2.05) is 18.7 Å². The summed E-state index contributed by atoms with van der Waals surface area (Å²) in [6.07, 6.45) is 2.66. The van der Waals surface area contributed by atoms with E-state index in [2.05, 4.69) is 41.8 Å². The summed E-state index contributed by atoms with van der Waals surface area (Å²) in [6.45, 7) is 4.87. The fourth-order valence-corrected chi connectivity index (χ4v) is 3.49. The lowest BCUT2D eigenvalue weighted by Crippen LogP contribution is -2.35. The van der Waals surface area contributed by atoms with Gasteiger partial charge in [0.25, 0.3) is 0 Å². The largest absolute Gasteiger partial charge is 0.354 e. The average molecular weight is 292 g/mol. The Morgan fingerprint density at radius 1 is 1.45 bits per heavy atom. The van der Waals surface area contributed by atoms with Crippen LogP contribution in [0.15, 0.2) is 29.2 Å². The number of amides is 1. The molecule has 2 unspecified atom stereocenters. The normalized spacial score (nSPS) is 19.2. The van der Waals surface area contributed by atoms with E-state index in [4.69, 9.17) is 0 Å². The van der Waals surface area contributed by atoms with Crippen molar-refractivity contribution in [1.82, 2.24) is 10.6 Å². The van der Waals surface area contributed by atoms with Crippen LogP contribution in [0.3, 0.4) is 0 Å². The van der Waals surface area contributed by atoms with E-state index < -0.39 is 0 Å². The molecule has 1 amide bonds. The van der Waals surface area contributed by atoms with E-state index in [1.54, 1.807) is 0 Å². The summed E-state index contributed by atoms with van der Waals surface area (Å²) in [4.78, 5) is 13.1. The van der Waals surface area contributed by atoms with Crippen molar-refractivity contribution < 1.29 is 4.79 Å². The van der Waals surface area contributed by atoms with Crippen LogP contribution in [0, 0.1) is 0 Å². The van der Waals surface area contributed by atoms with Crippen LogP contribution >= 0.6 is 11.8 Å². The van der Waals surface area contributed by atoms with Gasteiger partial charge in [-0.25, -0.2) is 0 Å². The summed E-state index contributed by atoms with van der Waals surface area (Å²) < 4.78 is 0. The Hall–Kier alpha value is -1.00. The van der Waals surface area contributed by atoms with Crippen LogP contribution in [-0.4, -0.2) is 24.2 Å². The third-order valence-corrected chi connectivity index (χ3v) is 4.84. The quantitative estimate of drug-likeness (QED) is 0.846. The molecule has 110 valence electrons. The number of carbonyl (C=O) groups is 1. The molecular formula is C16H24N2OS. The summed E-state index contributed by atoms with van der Waals surface area (Å²) in [7, 11) is 0. The molecule has 1 aromatic carbocycles. The Kier molecular flexibility index (Phi) is 5.92. The van der Waals surface area contributed by atoms with E-state index in [0.29, 0.717) is 12.5 Å². The fourth-order valence-electron chi connectivity index (χ4n) is 2.36. The molecule has 0 aromatic heterocycles. The maximum absolute atomic E-state index is 11.7. The van der Waals surface area contributed by atoms with Gasteiger partial charge in [0.2, 0.25) is 5.91 Å². The van der Waals surface area contributed by atoms with E-state index in [9.17, 15) is 4.79 Å². The third-order valence-electron chi connectivity index (χ3n) is 3.72. The lowest BCUT2D eigenvalue weighted by atomic mass is 10.0. The first kappa shape index (κ1) is 15.4. The van der Waals surface area contributed by atoms with Crippen LogP contribution in [0.5, 0.6) is 0 Å². The molecule has 1 aliphatic heterocycles. The van der Waals surface area contributed by atoms with Gasteiger partial charge in [-0.05, 0) is 37.1 Å². The molecule has 2 rings (SSSR count). The topological polar surface area (TPSA) is 41.1 Å². The third kappa shape index (κ3) is 4.25. The molecule has 0 saturated carbocycles. The lowest BCUT2D eigenvalue weighted by Gasteiger charge is -2.26. The molecule has 0 radical (unpaired) electrons. The SMILES string of the molecule is CCC(C)NC(=O)CCNC1CCSc2ccccc21. The van der Waals surface area contributed by atoms with Crippen molar-refractivity contribution in [3.05, 3.63) is 29.8 Å². The molecule has 0 fully saturated rings. The Balaban J connectivity index is 1.79. The standard InChI is InChI=1S/C16H24N2OS/c1-3-12(2)18-16(19)8-10-17-14-9-11-20-15-7-5-4-6-13(14)15/h4-7,12,14,17H,3,8-11H2,1-2H3,(H,18,19). The van der Waals surface area contributed by atoms with Gasteiger partial charge in [0.05, 0.1) is 0 Å². The molecule has 0 spiro atoms. The van der Waals surface area contributed by atoms with Gasteiger partial charge in [-0.15, -0.1) is 11.8 Å². The van der Waals surface area contributed by atoms with Crippen molar-refractivity contribution in [2.45, 2.75) is 50.1 Å². The second kappa shape index (κ2) is 7.70. The van der Waals surface area contributed by atoms with Crippen molar-refractivity contribution in [2.24, 2.45) is 0 Å². The Morgan fingerprint density at radius 2 is 2.25 bits per heavy atom. The van der Waals surface area contributed by atoms with Gasteiger partial charge in [0.1, 0.15) is 0 Å². The van der Waals surface area contributed by atoms with Crippen molar-refractivity contribution in [2.75, 3.05) is 12.3 Å². The van der Waals surface area contributed by atoms with Gasteiger partial charge >= 0.3 is 0 Å². The zero-order valence-corrected chi connectivity index (χ0v) is 13.1. The van der Waals surface area contributed by atoms with Crippen LogP contribution in [0.2, 0.25) is 0 Å². The van der Waals surface area contributed by atoms with Gasteiger partial charge in [0, 0.05) is 29.9 Å². The molecule has 2 N–H and O–H groups in total. The van der Waals surface area contributed by atoms with Crippen LogP contribution < -0.4 is 10.6 Å². The highest BCUT2D eigenvalue weighted by Gasteiger charge is 2.19. The molecule has 0 aliphatic carbocycles. The molecule has 1 aromatic rings. The van der Waals surface area contributed by atoms with Crippen molar-refractivity contribution in [3.63, 3.8) is 0 Å². The number of fused-ring (bicyclic) bond motifs is 1. The van der Waals surface area contributed by atoms with E-state index in [-0.39, 0.29) is 11.9 Å². The van der Waals surface area contributed by atoms with Gasteiger partial charge < -0.3 is 10.6 Å². The first-order chi connectivity index (χ1) is 9.70. The van der Waals surface area contributed by atoms with Gasteiger partial charge in [0.15, 0.2) is 0 Å².